The van der Waals surface area contributed by atoms with Crippen molar-refractivity contribution in [1.82, 2.24) is 14.5 Å². The van der Waals surface area contributed by atoms with Crippen molar-refractivity contribution in [3.05, 3.63) is 146 Å². The predicted octanol–water partition coefficient (Wildman–Crippen LogP) is 5.36. The summed E-state index contributed by atoms with van der Waals surface area (Å²) in [6, 6.07) is 48.3. The highest BCUT2D eigenvalue weighted by molar-refractivity contribution is 6.68. The summed E-state index contributed by atoms with van der Waals surface area (Å²) in [7, 11) is 31.9. The van der Waals surface area contributed by atoms with Crippen LogP contribution in [0.15, 0.2) is 146 Å². The van der Waals surface area contributed by atoms with Crippen molar-refractivity contribution >= 4 is 99.1 Å². The maximum atomic E-state index is 6.55. The molecule has 0 spiro atoms. The van der Waals surface area contributed by atoms with E-state index in [4.69, 9.17) is 44.2 Å². The Bertz CT molecular complexity index is 2760. The zero-order valence-corrected chi connectivity index (χ0v) is 28.1. The lowest BCUT2D eigenvalue weighted by Gasteiger charge is -2.22. The molecule has 230 valence electrons. The third kappa shape index (κ3) is 5.05. The minimum Gasteiger partial charge on any atom is -0.292 e. The smallest absolute Gasteiger partial charge is 0.144 e. The first-order valence-electron chi connectivity index (χ1n) is 17.0. The minimum atomic E-state index is 0.164. The Morgan fingerprint density at radius 3 is 1.58 bits per heavy atom. The van der Waals surface area contributed by atoms with Gasteiger partial charge in [-0.05, 0) is 86.3 Å². The van der Waals surface area contributed by atoms with Crippen LogP contribution < -0.4 is 27.3 Å². The van der Waals surface area contributed by atoms with Gasteiger partial charge in [0.2, 0.25) is 0 Å². The van der Waals surface area contributed by atoms with E-state index in [0.717, 1.165) is 55.4 Å². The maximum absolute atomic E-state index is 6.55. The standard InChI is InChI=1S/C44H24B5N3/c45-39-38(40(46)42(48)43(49)41(39)47)44-51-34-17-5-6-18-35(34)52(44)28-21-19-25(20-22-28)36-29-12-1-3-14-31(29)37(32-15-4-2-13-30(32)36)27-11-9-10-26(24-27)33-16-7-8-23-50-33/h1-24H. The van der Waals surface area contributed by atoms with Gasteiger partial charge in [-0.2, -0.15) is 0 Å². The highest BCUT2D eigenvalue weighted by Gasteiger charge is 2.21. The number of para-hydroxylation sites is 2. The molecule has 0 atom stereocenters. The first-order valence-corrected chi connectivity index (χ1v) is 17.0. The van der Waals surface area contributed by atoms with Gasteiger partial charge in [-0.3, -0.25) is 9.55 Å². The van der Waals surface area contributed by atoms with Gasteiger partial charge in [-0.25, -0.2) is 4.98 Å². The van der Waals surface area contributed by atoms with Crippen molar-refractivity contribution in [2.45, 2.75) is 0 Å². The Labute approximate surface area is 308 Å². The number of hydrogen-bond donors (Lipinski definition) is 0. The van der Waals surface area contributed by atoms with Crippen LogP contribution in [0.5, 0.6) is 0 Å². The summed E-state index contributed by atoms with van der Waals surface area (Å²) in [5.74, 6) is 0.524. The average Bonchev–Trinajstić information content (AvgIpc) is 3.58. The lowest BCUT2D eigenvalue weighted by atomic mass is 9.60. The Balaban J connectivity index is 1.24. The maximum Gasteiger partial charge on any atom is 0.144 e. The van der Waals surface area contributed by atoms with Crippen molar-refractivity contribution in [2.75, 3.05) is 0 Å². The summed E-state index contributed by atoms with van der Waals surface area (Å²) >= 11 is 0. The zero-order valence-electron chi connectivity index (χ0n) is 28.1. The van der Waals surface area contributed by atoms with Crippen LogP contribution in [0.25, 0.3) is 83.2 Å². The second-order valence-electron chi connectivity index (χ2n) is 12.9. The Hall–Kier alpha value is -6.00. The molecule has 7 aromatic carbocycles. The molecule has 52 heavy (non-hydrogen) atoms. The van der Waals surface area contributed by atoms with E-state index in [2.05, 4.69) is 102 Å². The third-order valence-electron chi connectivity index (χ3n) is 9.94. The number of imidazole rings is 1. The molecular formula is C44H24B5N3. The molecule has 9 aromatic rings. The largest absolute Gasteiger partial charge is 0.292 e. The molecule has 0 aliphatic rings. The highest BCUT2D eigenvalue weighted by atomic mass is 15.1. The van der Waals surface area contributed by atoms with E-state index < -0.39 is 0 Å². The molecule has 10 radical (unpaired) electrons. The monoisotopic (exact) mass is 649 g/mol. The number of aromatic nitrogens is 3. The first-order chi connectivity index (χ1) is 25.4. The van der Waals surface area contributed by atoms with Crippen LogP contribution in [0.2, 0.25) is 0 Å². The molecule has 2 aromatic heterocycles. The van der Waals surface area contributed by atoms with E-state index in [9.17, 15) is 0 Å². The topological polar surface area (TPSA) is 30.7 Å². The van der Waals surface area contributed by atoms with Gasteiger partial charge in [0.1, 0.15) is 45.1 Å². The fourth-order valence-electron chi connectivity index (χ4n) is 7.44. The average molecular weight is 649 g/mol. The van der Waals surface area contributed by atoms with Crippen molar-refractivity contribution in [3.8, 4) is 50.6 Å². The van der Waals surface area contributed by atoms with Crippen LogP contribution in [0.1, 0.15) is 0 Å². The van der Waals surface area contributed by atoms with Crippen LogP contribution in [-0.2, 0) is 0 Å². The fraction of sp³-hybridized carbons (Fsp3) is 0. The van der Waals surface area contributed by atoms with E-state index in [-0.39, 0.29) is 27.3 Å². The molecular weight excluding hydrogens is 625 g/mol. The summed E-state index contributed by atoms with van der Waals surface area (Å²) in [5, 5.41) is 4.67. The second-order valence-corrected chi connectivity index (χ2v) is 12.9. The summed E-state index contributed by atoms with van der Waals surface area (Å²) in [6.45, 7) is 0. The molecule has 0 fully saturated rings. The molecule has 0 aliphatic heterocycles. The van der Waals surface area contributed by atoms with E-state index in [1.165, 1.54) is 16.3 Å². The number of pyridine rings is 1. The number of benzene rings is 7. The quantitative estimate of drug-likeness (QED) is 0.186. The Morgan fingerprint density at radius 2 is 0.962 bits per heavy atom. The summed E-state index contributed by atoms with van der Waals surface area (Å²) in [4.78, 5) is 9.58. The van der Waals surface area contributed by atoms with Crippen molar-refractivity contribution in [3.63, 3.8) is 0 Å². The fourth-order valence-corrected chi connectivity index (χ4v) is 7.44. The summed E-state index contributed by atoms with van der Waals surface area (Å²) in [6.07, 6.45) is 1.83. The van der Waals surface area contributed by atoms with Gasteiger partial charge < -0.3 is 0 Å². The van der Waals surface area contributed by atoms with Gasteiger partial charge in [0.05, 0.1) is 16.7 Å². The molecule has 0 amide bonds. The van der Waals surface area contributed by atoms with E-state index in [0.29, 0.717) is 11.4 Å². The second kappa shape index (κ2) is 12.6. The van der Waals surface area contributed by atoms with Gasteiger partial charge >= 0.3 is 0 Å². The third-order valence-corrected chi connectivity index (χ3v) is 9.94. The number of hydrogen-bond acceptors (Lipinski definition) is 2. The summed E-state index contributed by atoms with van der Waals surface area (Å²) < 4.78 is 2.03. The summed E-state index contributed by atoms with van der Waals surface area (Å²) in [5.41, 5.74) is 10.6. The predicted molar refractivity (Wildman–Crippen MR) is 223 cm³/mol. The molecule has 2 heterocycles. The van der Waals surface area contributed by atoms with Gasteiger partial charge in [-0.15, -0.1) is 16.4 Å². The van der Waals surface area contributed by atoms with E-state index >= 15 is 0 Å². The number of fused-ring (bicyclic) bond motifs is 3. The van der Waals surface area contributed by atoms with Gasteiger partial charge in [0.15, 0.2) is 0 Å². The molecule has 0 saturated heterocycles. The van der Waals surface area contributed by atoms with Crippen LogP contribution in [0.4, 0.5) is 0 Å². The van der Waals surface area contributed by atoms with Crippen LogP contribution >= 0.6 is 0 Å². The van der Waals surface area contributed by atoms with Crippen molar-refractivity contribution in [2.24, 2.45) is 0 Å². The molecule has 9 rings (SSSR count). The normalized spacial score (nSPS) is 11.5. The Kier molecular flexibility index (Phi) is 7.77. The number of nitrogens with zero attached hydrogens (tertiary/aromatic N) is 3. The van der Waals surface area contributed by atoms with E-state index in [1.807, 2.05) is 53.2 Å². The van der Waals surface area contributed by atoms with Gasteiger partial charge in [-0.1, -0.05) is 108 Å². The molecule has 8 heteroatoms. The van der Waals surface area contributed by atoms with Gasteiger partial charge in [0.25, 0.3) is 0 Å². The van der Waals surface area contributed by atoms with Crippen LogP contribution in [-0.4, -0.2) is 53.8 Å². The molecule has 0 unspecified atom stereocenters. The van der Waals surface area contributed by atoms with E-state index in [1.54, 1.807) is 0 Å². The van der Waals surface area contributed by atoms with Crippen molar-refractivity contribution in [1.29, 1.82) is 0 Å². The molecule has 0 saturated carbocycles. The zero-order chi connectivity index (χ0) is 35.5. The lowest BCUT2D eigenvalue weighted by molar-refractivity contribution is 1.11. The molecule has 3 nitrogen and oxygen atoms in total. The SMILES string of the molecule is [B]c1c([B])c([B])c(-c2nc3ccccc3n2-c2ccc(-c3c4ccccc4c(-c4cccc(-c5ccccn5)c4)c4ccccc34)cc2)c([B])c1[B]. The van der Waals surface area contributed by atoms with Crippen molar-refractivity contribution < 1.29 is 0 Å². The molecule has 0 N–H and O–H groups in total. The Morgan fingerprint density at radius 1 is 0.423 bits per heavy atom. The van der Waals surface area contributed by atoms with Gasteiger partial charge in [0, 0.05) is 23.0 Å². The lowest BCUT2D eigenvalue weighted by Crippen LogP contribution is -2.55. The molecule has 0 aliphatic carbocycles. The first kappa shape index (κ1) is 31.9. The van der Waals surface area contributed by atoms with Crippen LogP contribution in [0, 0.1) is 0 Å². The molecule has 0 bridgehead atoms. The van der Waals surface area contributed by atoms with Crippen LogP contribution in [0.3, 0.4) is 0 Å². The number of rotatable bonds is 5. The highest BCUT2D eigenvalue weighted by Crippen LogP contribution is 2.44. The minimum absolute atomic E-state index is 0.164.